The van der Waals surface area contributed by atoms with Crippen molar-refractivity contribution >= 4 is 24.5 Å². The van der Waals surface area contributed by atoms with Crippen LogP contribution in [0.15, 0.2) is 18.2 Å². The van der Waals surface area contributed by atoms with Crippen molar-refractivity contribution in [1.29, 1.82) is 0 Å². The van der Waals surface area contributed by atoms with Crippen LogP contribution in [0.2, 0.25) is 0 Å². The fourth-order valence-electron chi connectivity index (χ4n) is 2.89. The van der Waals surface area contributed by atoms with Crippen LogP contribution in [0.25, 0.3) is 0 Å². The summed E-state index contributed by atoms with van der Waals surface area (Å²) in [6.07, 6.45) is 6.40. The van der Waals surface area contributed by atoms with E-state index in [0.29, 0.717) is 6.04 Å². The SMILES string of the molecule is CCc1cccc(CC)c1N(S)C(=O)NC1CCCC1. The molecule has 110 valence electrons. The van der Waals surface area contributed by atoms with E-state index in [0.717, 1.165) is 31.4 Å². The van der Waals surface area contributed by atoms with E-state index >= 15 is 0 Å². The lowest BCUT2D eigenvalue weighted by Crippen LogP contribution is -2.40. The quantitative estimate of drug-likeness (QED) is 0.804. The molecule has 0 atom stereocenters. The number of carbonyl (C=O) groups excluding carboxylic acids is 1. The molecule has 0 unspecified atom stereocenters. The van der Waals surface area contributed by atoms with Crippen LogP contribution in [-0.2, 0) is 12.8 Å². The van der Waals surface area contributed by atoms with Crippen LogP contribution < -0.4 is 9.62 Å². The molecule has 0 bridgehead atoms. The van der Waals surface area contributed by atoms with E-state index in [-0.39, 0.29) is 6.03 Å². The summed E-state index contributed by atoms with van der Waals surface area (Å²) in [4.78, 5) is 12.4. The van der Waals surface area contributed by atoms with E-state index in [2.05, 4.69) is 50.2 Å². The molecule has 0 radical (unpaired) electrons. The summed E-state index contributed by atoms with van der Waals surface area (Å²) in [7, 11) is 0. The first-order valence-electron chi connectivity index (χ1n) is 7.57. The fraction of sp³-hybridized carbons (Fsp3) is 0.562. The molecule has 1 aromatic rings. The molecule has 1 N–H and O–H groups in total. The van der Waals surface area contributed by atoms with E-state index in [1.54, 1.807) is 0 Å². The van der Waals surface area contributed by atoms with Gasteiger partial charge in [0.2, 0.25) is 0 Å². The fourth-order valence-corrected chi connectivity index (χ4v) is 3.21. The molecule has 2 rings (SSSR count). The first kappa shape index (κ1) is 15.2. The Hall–Kier alpha value is -1.16. The van der Waals surface area contributed by atoms with Gasteiger partial charge in [-0.15, -0.1) is 0 Å². The lowest BCUT2D eigenvalue weighted by Gasteiger charge is -2.24. The largest absolute Gasteiger partial charge is 0.334 e. The topological polar surface area (TPSA) is 32.3 Å². The van der Waals surface area contributed by atoms with Crippen LogP contribution >= 0.6 is 12.8 Å². The average Bonchev–Trinajstić information content (AvgIpc) is 2.98. The van der Waals surface area contributed by atoms with Gasteiger partial charge in [0.25, 0.3) is 0 Å². The summed E-state index contributed by atoms with van der Waals surface area (Å²) in [5.74, 6) is 0. The standard InChI is InChI=1S/C16H24N2OS/c1-3-12-8-7-9-13(4-2)15(12)18(20)16(19)17-14-10-5-6-11-14/h7-9,14,20H,3-6,10-11H2,1-2H3,(H,17,19). The first-order chi connectivity index (χ1) is 9.67. The van der Waals surface area contributed by atoms with E-state index in [9.17, 15) is 4.79 Å². The van der Waals surface area contributed by atoms with Crippen molar-refractivity contribution in [2.45, 2.75) is 58.4 Å². The van der Waals surface area contributed by atoms with Gasteiger partial charge in [-0.3, -0.25) is 0 Å². The molecule has 1 saturated carbocycles. The van der Waals surface area contributed by atoms with E-state index in [4.69, 9.17) is 0 Å². The van der Waals surface area contributed by atoms with Gasteiger partial charge in [0.15, 0.2) is 0 Å². The highest BCUT2D eigenvalue weighted by molar-refractivity contribution is 7.82. The molecule has 1 aliphatic carbocycles. The highest BCUT2D eigenvalue weighted by Gasteiger charge is 2.22. The number of aryl methyl sites for hydroxylation is 2. The number of anilines is 1. The Balaban J connectivity index is 2.18. The van der Waals surface area contributed by atoms with Crippen molar-refractivity contribution in [3.63, 3.8) is 0 Å². The lowest BCUT2D eigenvalue weighted by atomic mass is 10.0. The van der Waals surface area contributed by atoms with E-state index in [1.807, 2.05) is 0 Å². The van der Waals surface area contributed by atoms with Crippen LogP contribution in [0.4, 0.5) is 10.5 Å². The van der Waals surface area contributed by atoms with Crippen molar-refractivity contribution in [3.8, 4) is 0 Å². The van der Waals surface area contributed by atoms with Gasteiger partial charge in [-0.25, -0.2) is 9.10 Å². The van der Waals surface area contributed by atoms with Gasteiger partial charge in [0.1, 0.15) is 0 Å². The van der Waals surface area contributed by atoms with E-state index in [1.165, 1.54) is 28.3 Å². The maximum Gasteiger partial charge on any atom is 0.332 e. The van der Waals surface area contributed by atoms with Gasteiger partial charge in [-0.05, 0) is 36.8 Å². The molecule has 20 heavy (non-hydrogen) atoms. The van der Waals surface area contributed by atoms with Crippen LogP contribution in [0, 0.1) is 0 Å². The molecule has 0 saturated heterocycles. The molecule has 1 aromatic carbocycles. The normalized spacial score (nSPS) is 15.3. The molecule has 4 heteroatoms. The average molecular weight is 292 g/mol. The number of amides is 2. The first-order valence-corrected chi connectivity index (χ1v) is 7.97. The summed E-state index contributed by atoms with van der Waals surface area (Å²) in [5, 5.41) is 3.09. The number of nitrogens with zero attached hydrogens (tertiary/aromatic N) is 1. The highest BCUT2D eigenvalue weighted by Crippen LogP contribution is 2.29. The number of hydrogen-bond acceptors (Lipinski definition) is 2. The number of rotatable bonds is 4. The minimum Gasteiger partial charge on any atom is -0.334 e. The third kappa shape index (κ3) is 3.29. The van der Waals surface area contributed by atoms with Crippen LogP contribution in [0.1, 0.15) is 50.7 Å². The smallest absolute Gasteiger partial charge is 0.332 e. The molecule has 1 aliphatic rings. The summed E-state index contributed by atoms with van der Waals surface area (Å²) < 4.78 is 1.50. The summed E-state index contributed by atoms with van der Waals surface area (Å²) in [5.41, 5.74) is 3.29. The molecule has 2 amide bonds. The zero-order chi connectivity index (χ0) is 14.5. The molecule has 0 heterocycles. The van der Waals surface area contributed by atoms with Crippen molar-refractivity contribution in [1.82, 2.24) is 5.32 Å². The van der Waals surface area contributed by atoms with Gasteiger partial charge in [-0.2, -0.15) is 0 Å². The minimum atomic E-state index is -0.101. The maximum absolute atomic E-state index is 12.4. The number of urea groups is 1. The zero-order valence-electron chi connectivity index (χ0n) is 12.4. The Morgan fingerprint density at radius 2 is 1.80 bits per heavy atom. The van der Waals surface area contributed by atoms with Crippen LogP contribution in [0.3, 0.4) is 0 Å². The monoisotopic (exact) mass is 292 g/mol. The van der Waals surface area contributed by atoms with Gasteiger partial charge in [-0.1, -0.05) is 57.7 Å². The Kier molecular flexibility index (Phi) is 5.35. The number of thiol groups is 1. The number of hydrogen-bond donors (Lipinski definition) is 2. The van der Waals surface area contributed by atoms with Crippen molar-refractivity contribution in [2.75, 3.05) is 4.31 Å². The number of benzene rings is 1. The third-order valence-corrected chi connectivity index (χ3v) is 4.43. The zero-order valence-corrected chi connectivity index (χ0v) is 13.2. The minimum absolute atomic E-state index is 0.101. The van der Waals surface area contributed by atoms with Gasteiger partial charge < -0.3 is 5.32 Å². The van der Waals surface area contributed by atoms with Gasteiger partial charge in [0.05, 0.1) is 5.69 Å². The molecule has 0 spiro atoms. The molecular formula is C16H24N2OS. The van der Waals surface area contributed by atoms with Crippen LogP contribution in [0.5, 0.6) is 0 Å². The number of carbonyl (C=O) groups is 1. The second-order valence-corrected chi connectivity index (χ2v) is 5.77. The van der Waals surface area contributed by atoms with E-state index < -0.39 is 0 Å². The Labute approximate surface area is 127 Å². The molecule has 0 aliphatic heterocycles. The Morgan fingerprint density at radius 1 is 1.25 bits per heavy atom. The second-order valence-electron chi connectivity index (χ2n) is 5.37. The highest BCUT2D eigenvalue weighted by atomic mass is 32.1. The maximum atomic E-state index is 12.4. The number of para-hydroxylation sites is 1. The van der Waals surface area contributed by atoms with Crippen LogP contribution in [-0.4, -0.2) is 12.1 Å². The number of nitrogens with one attached hydrogen (secondary N) is 1. The molecule has 3 nitrogen and oxygen atoms in total. The lowest BCUT2D eigenvalue weighted by molar-refractivity contribution is 0.246. The second kappa shape index (κ2) is 7.02. The summed E-state index contributed by atoms with van der Waals surface area (Å²) >= 11 is 4.46. The Bertz CT molecular complexity index is 447. The summed E-state index contributed by atoms with van der Waals surface area (Å²) in [6, 6.07) is 6.41. The van der Waals surface area contributed by atoms with Gasteiger partial charge in [0, 0.05) is 6.04 Å². The molecule has 0 aromatic heterocycles. The summed E-state index contributed by atoms with van der Waals surface area (Å²) in [6.45, 7) is 4.21. The van der Waals surface area contributed by atoms with Crippen molar-refractivity contribution in [3.05, 3.63) is 29.3 Å². The Morgan fingerprint density at radius 3 is 2.30 bits per heavy atom. The molecule has 1 fully saturated rings. The molecular weight excluding hydrogens is 268 g/mol. The van der Waals surface area contributed by atoms with Gasteiger partial charge >= 0.3 is 6.03 Å². The third-order valence-electron chi connectivity index (χ3n) is 4.05. The van der Waals surface area contributed by atoms with Crippen molar-refractivity contribution < 1.29 is 4.79 Å². The predicted octanol–water partition coefficient (Wildman–Crippen LogP) is 4.11. The van der Waals surface area contributed by atoms with Crippen molar-refractivity contribution in [2.24, 2.45) is 0 Å². The predicted molar refractivity (Wildman–Crippen MR) is 87.5 cm³/mol.